The van der Waals surface area contributed by atoms with Gasteiger partial charge in [-0.3, -0.25) is 9.36 Å². The standard InChI is InChI=1S/C19H18N2OS2/c1-12(2)10-24-19-20-17-16(15(11-23-17)13-8-9-13)18(22)21(19)14-6-4-3-5-7-14/h3-7,11,13H,1,8-10H2,2H3. The highest BCUT2D eigenvalue weighted by Crippen LogP contribution is 2.44. The Labute approximate surface area is 149 Å². The summed E-state index contributed by atoms with van der Waals surface area (Å²) in [5.41, 5.74) is 3.18. The third kappa shape index (κ3) is 2.82. The van der Waals surface area contributed by atoms with Crippen LogP contribution in [0.4, 0.5) is 0 Å². The van der Waals surface area contributed by atoms with E-state index in [4.69, 9.17) is 4.98 Å². The summed E-state index contributed by atoms with van der Waals surface area (Å²) in [5.74, 6) is 1.30. The van der Waals surface area contributed by atoms with Crippen LogP contribution in [0, 0.1) is 0 Å². The molecule has 1 fully saturated rings. The minimum atomic E-state index is 0.0542. The predicted octanol–water partition coefficient (Wildman–Crippen LogP) is 4.99. The fraction of sp³-hybridized carbons (Fsp3) is 0.263. The molecule has 2 heterocycles. The van der Waals surface area contributed by atoms with Crippen LogP contribution in [0.25, 0.3) is 15.9 Å². The first kappa shape index (κ1) is 15.7. The summed E-state index contributed by atoms with van der Waals surface area (Å²) in [6.07, 6.45) is 2.37. The van der Waals surface area contributed by atoms with Crippen molar-refractivity contribution in [3.63, 3.8) is 0 Å². The lowest BCUT2D eigenvalue weighted by atomic mass is 10.1. The summed E-state index contributed by atoms with van der Waals surface area (Å²) >= 11 is 3.16. The van der Waals surface area contributed by atoms with Crippen LogP contribution >= 0.6 is 23.1 Å². The van der Waals surface area contributed by atoms with E-state index >= 15 is 0 Å². The number of benzene rings is 1. The molecule has 0 unspecified atom stereocenters. The predicted molar refractivity (Wildman–Crippen MR) is 103 cm³/mol. The maximum atomic E-state index is 13.3. The molecule has 24 heavy (non-hydrogen) atoms. The first-order chi connectivity index (χ1) is 11.6. The number of aromatic nitrogens is 2. The number of para-hydroxylation sites is 1. The first-order valence-electron chi connectivity index (χ1n) is 8.02. The van der Waals surface area contributed by atoms with Crippen molar-refractivity contribution in [1.82, 2.24) is 9.55 Å². The number of hydrogen-bond donors (Lipinski definition) is 0. The SMILES string of the molecule is C=C(C)CSc1nc2scc(C3CC3)c2c(=O)n1-c1ccccc1. The average molecular weight is 354 g/mol. The zero-order valence-corrected chi connectivity index (χ0v) is 15.1. The lowest BCUT2D eigenvalue weighted by Gasteiger charge is -2.12. The molecule has 1 aliphatic carbocycles. The van der Waals surface area contributed by atoms with Gasteiger partial charge in [-0.2, -0.15) is 0 Å². The molecule has 0 saturated heterocycles. The Morgan fingerprint density at radius 3 is 2.79 bits per heavy atom. The van der Waals surface area contributed by atoms with Gasteiger partial charge in [0.05, 0.1) is 11.1 Å². The molecule has 1 aliphatic rings. The topological polar surface area (TPSA) is 34.9 Å². The largest absolute Gasteiger partial charge is 0.268 e. The van der Waals surface area contributed by atoms with Gasteiger partial charge < -0.3 is 0 Å². The van der Waals surface area contributed by atoms with Crippen LogP contribution in [0.2, 0.25) is 0 Å². The number of thioether (sulfide) groups is 1. The summed E-state index contributed by atoms with van der Waals surface area (Å²) in [6.45, 7) is 5.95. The van der Waals surface area contributed by atoms with Crippen LogP contribution in [0.15, 0.2) is 57.8 Å². The normalized spacial score (nSPS) is 14.2. The van der Waals surface area contributed by atoms with Crippen molar-refractivity contribution in [2.45, 2.75) is 30.8 Å². The van der Waals surface area contributed by atoms with Crippen molar-refractivity contribution < 1.29 is 0 Å². The minimum absolute atomic E-state index is 0.0542. The Morgan fingerprint density at radius 1 is 1.38 bits per heavy atom. The Morgan fingerprint density at radius 2 is 2.12 bits per heavy atom. The van der Waals surface area contributed by atoms with Crippen molar-refractivity contribution in [2.24, 2.45) is 0 Å². The molecule has 0 aliphatic heterocycles. The van der Waals surface area contributed by atoms with E-state index in [2.05, 4.69) is 12.0 Å². The van der Waals surface area contributed by atoms with E-state index in [0.717, 1.165) is 32.4 Å². The van der Waals surface area contributed by atoms with Crippen LogP contribution in [0.3, 0.4) is 0 Å². The Hall–Kier alpha value is -1.85. The summed E-state index contributed by atoms with van der Waals surface area (Å²) in [6, 6.07) is 9.79. The summed E-state index contributed by atoms with van der Waals surface area (Å²) in [5, 5.41) is 3.68. The Bertz CT molecular complexity index is 968. The molecule has 0 bridgehead atoms. The van der Waals surface area contributed by atoms with E-state index in [-0.39, 0.29) is 5.56 Å². The third-order valence-electron chi connectivity index (χ3n) is 4.08. The van der Waals surface area contributed by atoms with E-state index < -0.39 is 0 Å². The minimum Gasteiger partial charge on any atom is -0.268 e. The number of nitrogens with zero attached hydrogens (tertiary/aromatic N) is 2. The number of rotatable bonds is 5. The quantitative estimate of drug-likeness (QED) is 0.368. The number of thiophene rings is 1. The van der Waals surface area contributed by atoms with Gasteiger partial charge in [0.25, 0.3) is 5.56 Å². The van der Waals surface area contributed by atoms with Crippen LogP contribution in [-0.4, -0.2) is 15.3 Å². The molecule has 0 atom stereocenters. The van der Waals surface area contributed by atoms with Gasteiger partial charge >= 0.3 is 0 Å². The fourth-order valence-electron chi connectivity index (χ4n) is 2.78. The zero-order valence-electron chi connectivity index (χ0n) is 13.5. The van der Waals surface area contributed by atoms with Gasteiger partial charge in [-0.1, -0.05) is 42.1 Å². The van der Waals surface area contributed by atoms with E-state index in [1.807, 2.05) is 37.3 Å². The summed E-state index contributed by atoms with van der Waals surface area (Å²) < 4.78 is 1.76. The van der Waals surface area contributed by atoms with Crippen molar-refractivity contribution in [2.75, 3.05) is 5.75 Å². The maximum absolute atomic E-state index is 13.3. The first-order valence-corrected chi connectivity index (χ1v) is 9.88. The molecule has 3 nitrogen and oxygen atoms in total. The molecular formula is C19H18N2OS2. The molecule has 2 aromatic heterocycles. The van der Waals surface area contributed by atoms with E-state index in [1.165, 1.54) is 18.4 Å². The van der Waals surface area contributed by atoms with Gasteiger partial charge in [-0.25, -0.2) is 4.98 Å². The van der Waals surface area contributed by atoms with Gasteiger partial charge in [-0.15, -0.1) is 11.3 Å². The van der Waals surface area contributed by atoms with Crippen LogP contribution in [0.5, 0.6) is 0 Å². The van der Waals surface area contributed by atoms with Crippen molar-refractivity contribution >= 4 is 33.3 Å². The second kappa shape index (κ2) is 6.22. The molecule has 0 spiro atoms. The van der Waals surface area contributed by atoms with Crippen molar-refractivity contribution in [1.29, 1.82) is 0 Å². The Balaban J connectivity index is 1.95. The molecule has 1 aromatic carbocycles. The second-order valence-corrected chi connectivity index (χ2v) is 8.06. The average Bonchev–Trinajstić information content (AvgIpc) is 3.33. The van der Waals surface area contributed by atoms with Crippen molar-refractivity contribution in [3.8, 4) is 5.69 Å². The van der Waals surface area contributed by atoms with Crippen LogP contribution < -0.4 is 5.56 Å². The molecule has 5 heteroatoms. The van der Waals surface area contributed by atoms with Crippen molar-refractivity contribution in [3.05, 3.63) is 63.8 Å². The smallest absolute Gasteiger partial charge is 0.267 e. The number of fused-ring (bicyclic) bond motifs is 1. The van der Waals surface area contributed by atoms with Crippen LogP contribution in [-0.2, 0) is 0 Å². The van der Waals surface area contributed by atoms with E-state index in [1.54, 1.807) is 27.7 Å². The van der Waals surface area contributed by atoms with Gasteiger partial charge in [0.15, 0.2) is 5.16 Å². The number of hydrogen-bond acceptors (Lipinski definition) is 4. The highest BCUT2D eigenvalue weighted by atomic mass is 32.2. The molecule has 0 amide bonds. The molecule has 1 saturated carbocycles. The summed E-state index contributed by atoms with van der Waals surface area (Å²) in [7, 11) is 0. The van der Waals surface area contributed by atoms with E-state index in [9.17, 15) is 4.79 Å². The molecule has 4 rings (SSSR count). The highest BCUT2D eigenvalue weighted by Gasteiger charge is 2.29. The molecule has 0 N–H and O–H groups in total. The maximum Gasteiger partial charge on any atom is 0.267 e. The Kier molecular flexibility index (Phi) is 4.06. The van der Waals surface area contributed by atoms with Gasteiger partial charge in [-0.05, 0) is 48.8 Å². The van der Waals surface area contributed by atoms with Gasteiger partial charge in [0, 0.05) is 5.75 Å². The highest BCUT2D eigenvalue weighted by molar-refractivity contribution is 7.99. The lowest BCUT2D eigenvalue weighted by molar-refractivity contribution is 0.822. The van der Waals surface area contributed by atoms with Gasteiger partial charge in [0.2, 0.25) is 0 Å². The fourth-order valence-corrected chi connectivity index (χ4v) is 4.70. The second-order valence-electron chi connectivity index (χ2n) is 6.26. The zero-order chi connectivity index (χ0) is 16.7. The van der Waals surface area contributed by atoms with Crippen LogP contribution in [0.1, 0.15) is 31.2 Å². The van der Waals surface area contributed by atoms with E-state index in [0.29, 0.717) is 5.92 Å². The third-order valence-corrected chi connectivity index (χ3v) is 6.14. The monoisotopic (exact) mass is 354 g/mol. The molecule has 3 aromatic rings. The lowest BCUT2D eigenvalue weighted by Crippen LogP contribution is -2.21. The summed E-state index contributed by atoms with van der Waals surface area (Å²) in [4.78, 5) is 19.0. The molecule has 122 valence electrons. The molecular weight excluding hydrogens is 336 g/mol. The van der Waals surface area contributed by atoms with Gasteiger partial charge in [0.1, 0.15) is 4.83 Å². The molecule has 0 radical (unpaired) electrons.